The molecule has 2 bridgehead atoms. The summed E-state index contributed by atoms with van der Waals surface area (Å²) < 4.78 is 0. The fraction of sp³-hybridized carbons (Fsp3) is 0.600. The minimum atomic E-state index is 0.372. The van der Waals surface area contributed by atoms with E-state index >= 15 is 0 Å². The molecule has 0 spiro atoms. The largest absolute Gasteiger partial charge is 0.261 e. The van der Waals surface area contributed by atoms with E-state index in [4.69, 9.17) is 11.8 Å². The molecule has 94 valence electrons. The van der Waals surface area contributed by atoms with Crippen molar-refractivity contribution in [1.29, 1.82) is 5.26 Å². The molecule has 2 saturated carbocycles. The standard InChI is InChI=1S/C11H12N2.C4H5Br/c1-13-11(7-12)10-5-8-2-3-9(4-8)6-10;1-2-3-4-5/h8-9H,2-6H2;4H2,1H3. The first-order chi connectivity index (χ1) is 8.74. The highest BCUT2D eigenvalue weighted by Crippen LogP contribution is 2.45. The molecular weight excluding hydrogens is 288 g/mol. The number of nitriles is 1. The zero-order valence-corrected chi connectivity index (χ0v) is 12.3. The van der Waals surface area contributed by atoms with Gasteiger partial charge in [-0.1, -0.05) is 27.4 Å². The maximum absolute atomic E-state index is 8.75. The number of hydrogen-bond donors (Lipinski definition) is 0. The summed E-state index contributed by atoms with van der Waals surface area (Å²) in [5, 5.41) is 9.54. The first-order valence-corrected chi connectivity index (χ1v) is 7.32. The number of allylic oxidation sites excluding steroid dienone is 2. The SMILES string of the molecule is CC#CCBr.[C-]#[N+]C(C#N)=C1CC2CCC(C1)C2. The Morgan fingerprint density at radius 1 is 1.44 bits per heavy atom. The Morgan fingerprint density at radius 3 is 2.39 bits per heavy atom. The third-order valence-corrected chi connectivity index (χ3v) is 3.80. The van der Waals surface area contributed by atoms with Crippen molar-refractivity contribution in [2.45, 2.75) is 39.0 Å². The van der Waals surface area contributed by atoms with Crippen LogP contribution >= 0.6 is 15.9 Å². The molecule has 0 aromatic heterocycles. The highest BCUT2D eigenvalue weighted by atomic mass is 79.9. The zero-order chi connectivity index (χ0) is 13.4. The van der Waals surface area contributed by atoms with Crippen LogP contribution in [0.25, 0.3) is 4.85 Å². The molecule has 0 heterocycles. The number of fused-ring (bicyclic) bond motifs is 2. The van der Waals surface area contributed by atoms with Crippen LogP contribution in [0.3, 0.4) is 0 Å². The number of halogens is 1. The van der Waals surface area contributed by atoms with E-state index in [0.29, 0.717) is 5.70 Å². The van der Waals surface area contributed by atoms with Crippen molar-refractivity contribution in [3.8, 4) is 17.9 Å². The Kier molecular flexibility index (Phi) is 6.56. The van der Waals surface area contributed by atoms with Crippen LogP contribution in [-0.2, 0) is 0 Å². The maximum atomic E-state index is 8.75. The second-order valence-electron chi connectivity index (χ2n) is 4.69. The summed E-state index contributed by atoms with van der Waals surface area (Å²) in [5.74, 6) is 7.05. The molecule has 0 aliphatic heterocycles. The third-order valence-electron chi connectivity index (χ3n) is 3.52. The first kappa shape index (κ1) is 14.8. The van der Waals surface area contributed by atoms with Gasteiger partial charge in [0.25, 0.3) is 5.70 Å². The molecule has 2 fully saturated rings. The van der Waals surface area contributed by atoms with Crippen LogP contribution in [0.2, 0.25) is 0 Å². The molecule has 2 unspecified atom stereocenters. The molecule has 0 N–H and O–H groups in total. The van der Waals surface area contributed by atoms with Gasteiger partial charge in [-0.05, 0) is 50.9 Å². The molecule has 3 heteroatoms. The number of hydrogen-bond acceptors (Lipinski definition) is 1. The molecule has 2 atom stereocenters. The van der Waals surface area contributed by atoms with E-state index in [1.54, 1.807) is 0 Å². The van der Waals surface area contributed by atoms with Crippen molar-refractivity contribution in [3.63, 3.8) is 0 Å². The van der Waals surface area contributed by atoms with Gasteiger partial charge >= 0.3 is 0 Å². The predicted molar refractivity (Wildman–Crippen MR) is 76.6 cm³/mol. The normalized spacial score (nSPS) is 23.7. The summed E-state index contributed by atoms with van der Waals surface area (Å²) in [6.45, 7) is 8.71. The third kappa shape index (κ3) is 4.21. The molecule has 0 saturated heterocycles. The minimum Gasteiger partial charge on any atom is -0.227 e. The average molecular weight is 305 g/mol. The van der Waals surface area contributed by atoms with Crippen LogP contribution in [0.4, 0.5) is 0 Å². The van der Waals surface area contributed by atoms with Crippen molar-refractivity contribution in [2.24, 2.45) is 11.8 Å². The van der Waals surface area contributed by atoms with E-state index in [0.717, 1.165) is 35.6 Å². The number of rotatable bonds is 0. The van der Waals surface area contributed by atoms with E-state index in [2.05, 4.69) is 32.6 Å². The molecule has 18 heavy (non-hydrogen) atoms. The van der Waals surface area contributed by atoms with Crippen molar-refractivity contribution in [3.05, 3.63) is 22.7 Å². The lowest BCUT2D eigenvalue weighted by Crippen LogP contribution is -2.08. The van der Waals surface area contributed by atoms with Crippen molar-refractivity contribution >= 4 is 15.9 Å². The topological polar surface area (TPSA) is 28.1 Å². The van der Waals surface area contributed by atoms with E-state index in [1.807, 2.05) is 13.0 Å². The lowest BCUT2D eigenvalue weighted by molar-refractivity contribution is 0.425. The van der Waals surface area contributed by atoms with Crippen molar-refractivity contribution < 1.29 is 0 Å². The average Bonchev–Trinajstić information content (AvgIpc) is 2.72. The van der Waals surface area contributed by atoms with Gasteiger partial charge < -0.3 is 0 Å². The molecule has 2 nitrogen and oxygen atoms in total. The first-order valence-electron chi connectivity index (χ1n) is 6.20. The Hall–Kier alpha value is -1.24. The van der Waals surface area contributed by atoms with Gasteiger partial charge in [0.15, 0.2) is 0 Å². The molecule has 0 radical (unpaired) electrons. The lowest BCUT2D eigenvalue weighted by Gasteiger charge is -2.21. The Morgan fingerprint density at radius 2 is 2.06 bits per heavy atom. The maximum Gasteiger partial charge on any atom is 0.261 e. The molecule has 2 aliphatic rings. The second-order valence-corrected chi connectivity index (χ2v) is 5.25. The summed E-state index contributed by atoms with van der Waals surface area (Å²) >= 11 is 3.14. The number of alkyl halides is 1. The van der Waals surface area contributed by atoms with Crippen LogP contribution in [0.15, 0.2) is 11.3 Å². The summed E-state index contributed by atoms with van der Waals surface area (Å²) in [6.07, 6.45) is 5.99. The molecule has 0 aromatic rings. The Bertz CT molecular complexity index is 424. The fourth-order valence-corrected chi connectivity index (χ4v) is 3.05. The summed E-state index contributed by atoms with van der Waals surface area (Å²) in [6, 6.07) is 2.02. The van der Waals surface area contributed by atoms with E-state index in [1.165, 1.54) is 19.3 Å². The van der Waals surface area contributed by atoms with Crippen molar-refractivity contribution in [1.82, 2.24) is 0 Å². The van der Waals surface area contributed by atoms with Gasteiger partial charge in [0.1, 0.15) is 0 Å². The smallest absolute Gasteiger partial charge is 0.227 e. The van der Waals surface area contributed by atoms with Gasteiger partial charge in [0.05, 0.1) is 18.0 Å². The predicted octanol–water partition coefficient (Wildman–Crippen LogP) is 4.30. The zero-order valence-electron chi connectivity index (χ0n) is 10.7. The van der Waals surface area contributed by atoms with Gasteiger partial charge in [-0.15, -0.1) is 5.92 Å². The summed E-state index contributed by atoms with van der Waals surface area (Å²) in [5.41, 5.74) is 1.51. The van der Waals surface area contributed by atoms with Gasteiger partial charge in [0.2, 0.25) is 0 Å². The molecule has 0 amide bonds. The summed E-state index contributed by atoms with van der Waals surface area (Å²) in [7, 11) is 0. The van der Waals surface area contributed by atoms with E-state index in [-0.39, 0.29) is 0 Å². The van der Waals surface area contributed by atoms with Crippen LogP contribution in [0.5, 0.6) is 0 Å². The molecule has 2 aliphatic carbocycles. The highest BCUT2D eigenvalue weighted by Gasteiger charge is 2.32. The molecule has 0 aromatic carbocycles. The van der Waals surface area contributed by atoms with E-state index < -0.39 is 0 Å². The van der Waals surface area contributed by atoms with Crippen LogP contribution < -0.4 is 0 Å². The Labute approximate surface area is 118 Å². The quantitative estimate of drug-likeness (QED) is 0.284. The Balaban J connectivity index is 0.000000280. The van der Waals surface area contributed by atoms with Crippen molar-refractivity contribution in [2.75, 3.05) is 5.33 Å². The van der Waals surface area contributed by atoms with E-state index in [9.17, 15) is 0 Å². The van der Waals surface area contributed by atoms with Crippen LogP contribution in [0.1, 0.15) is 39.0 Å². The van der Waals surface area contributed by atoms with Gasteiger partial charge in [0, 0.05) is 0 Å². The number of nitrogens with zero attached hydrogens (tertiary/aromatic N) is 2. The second kappa shape index (κ2) is 7.97. The monoisotopic (exact) mass is 304 g/mol. The fourth-order valence-electron chi connectivity index (χ4n) is 2.77. The summed E-state index contributed by atoms with van der Waals surface area (Å²) in [4.78, 5) is 3.30. The highest BCUT2D eigenvalue weighted by molar-refractivity contribution is 9.09. The molecular formula is C15H17BrN2. The lowest BCUT2D eigenvalue weighted by atomic mass is 9.84. The van der Waals surface area contributed by atoms with Crippen LogP contribution in [-0.4, -0.2) is 5.33 Å². The minimum absolute atomic E-state index is 0.372. The van der Waals surface area contributed by atoms with Crippen LogP contribution in [0, 0.1) is 41.6 Å². The van der Waals surface area contributed by atoms with Gasteiger partial charge in [-0.25, -0.2) is 10.1 Å². The van der Waals surface area contributed by atoms with Gasteiger partial charge in [-0.3, -0.25) is 0 Å². The molecule has 2 rings (SSSR count). The van der Waals surface area contributed by atoms with Gasteiger partial charge in [-0.2, -0.15) is 0 Å².